The minimum Gasteiger partial charge on any atom is -0.378 e. The summed E-state index contributed by atoms with van der Waals surface area (Å²) in [5.74, 6) is 4.10. The molecule has 6 rings (SSSR count). The SMILES string of the molecule is CN(SON)c1ccc(Cc2c(-c3ccc(F)c(C(=O)N4CCOCC4)c3)nn(-c3nc(C=O)cs3)c2CC2CC2)cc1F.S. The third kappa shape index (κ3) is 7.23. The molecule has 1 aliphatic heterocycles. The summed E-state index contributed by atoms with van der Waals surface area (Å²) in [4.78, 5) is 30.8. The monoisotopic (exact) mass is 674 g/mol. The van der Waals surface area contributed by atoms with Gasteiger partial charge in [-0.2, -0.15) is 18.6 Å². The van der Waals surface area contributed by atoms with Crippen molar-refractivity contribution in [1.82, 2.24) is 19.7 Å². The zero-order valence-electron chi connectivity index (χ0n) is 24.4. The second-order valence-corrected chi connectivity index (χ2v) is 12.5. The number of morpholine rings is 1. The first-order chi connectivity index (χ1) is 21.4. The fourth-order valence-electron chi connectivity index (χ4n) is 5.29. The van der Waals surface area contributed by atoms with E-state index in [0.29, 0.717) is 84.7 Å². The summed E-state index contributed by atoms with van der Waals surface area (Å²) >= 11 is 2.09. The van der Waals surface area contributed by atoms with E-state index in [-0.39, 0.29) is 19.1 Å². The van der Waals surface area contributed by atoms with Gasteiger partial charge in [0.2, 0.25) is 5.13 Å². The predicted molar refractivity (Wildman–Crippen MR) is 174 cm³/mol. The van der Waals surface area contributed by atoms with Crippen LogP contribution < -0.4 is 10.2 Å². The van der Waals surface area contributed by atoms with Crippen molar-refractivity contribution in [3.05, 3.63) is 81.5 Å². The number of thiazole rings is 1. The van der Waals surface area contributed by atoms with Crippen LogP contribution in [0.2, 0.25) is 0 Å². The third-order valence-corrected chi connectivity index (χ3v) is 9.08. The quantitative estimate of drug-likeness (QED) is 0.100. The maximum atomic E-state index is 15.2. The van der Waals surface area contributed by atoms with Crippen molar-refractivity contribution >= 4 is 54.9 Å². The van der Waals surface area contributed by atoms with Crippen LogP contribution in [0.3, 0.4) is 0 Å². The van der Waals surface area contributed by atoms with Gasteiger partial charge in [0.05, 0.1) is 35.9 Å². The van der Waals surface area contributed by atoms with Crippen molar-refractivity contribution in [3.63, 3.8) is 0 Å². The first kappa shape index (κ1) is 33.0. The Hall–Kier alpha value is -3.34. The summed E-state index contributed by atoms with van der Waals surface area (Å²) in [7, 11) is 1.64. The highest BCUT2D eigenvalue weighted by Gasteiger charge is 2.30. The van der Waals surface area contributed by atoms with Crippen LogP contribution in [0.5, 0.6) is 0 Å². The molecule has 0 bridgehead atoms. The number of aldehydes is 1. The Bertz CT molecular complexity index is 1690. The standard InChI is InChI=1S/C30H30F2N6O4S2.H2S/c1-36(44-42-33)26-7-4-19(13-25(26)32)12-23-27(14-18-2-3-18)38(30-34-21(16-39)17-43-30)35-28(23)20-5-6-24(31)22(15-20)29(40)37-8-10-41-11-9-37;/h4-7,13,15-18H,2-3,8-12,14,33H2,1H3;1H2. The molecule has 3 heterocycles. The Labute approximate surface area is 274 Å². The number of aromatic nitrogens is 3. The average molecular weight is 675 g/mol. The fourth-order valence-corrected chi connectivity index (χ4v) is 6.39. The maximum absolute atomic E-state index is 15.2. The molecule has 1 saturated carbocycles. The molecule has 1 amide bonds. The summed E-state index contributed by atoms with van der Waals surface area (Å²) in [5.41, 5.74) is 4.02. The minimum absolute atomic E-state index is 0. The van der Waals surface area contributed by atoms with E-state index in [1.165, 1.54) is 33.8 Å². The topological polar surface area (TPSA) is 116 Å². The number of nitrogens with zero attached hydrogens (tertiary/aromatic N) is 5. The second-order valence-electron chi connectivity index (χ2n) is 10.7. The number of halogens is 2. The van der Waals surface area contributed by atoms with Crippen LogP contribution in [-0.4, -0.2) is 65.2 Å². The minimum atomic E-state index is -0.624. The van der Waals surface area contributed by atoms with Crippen molar-refractivity contribution < 1.29 is 27.4 Å². The van der Waals surface area contributed by atoms with Gasteiger partial charge < -0.3 is 9.64 Å². The molecule has 0 spiro atoms. The van der Waals surface area contributed by atoms with Crippen LogP contribution in [0.1, 0.15) is 50.5 Å². The van der Waals surface area contributed by atoms with E-state index in [4.69, 9.17) is 15.7 Å². The van der Waals surface area contributed by atoms with Gasteiger partial charge in [0.15, 0.2) is 6.29 Å². The first-order valence-electron chi connectivity index (χ1n) is 14.1. The van der Waals surface area contributed by atoms with Crippen molar-refractivity contribution in [1.29, 1.82) is 0 Å². The number of amides is 1. The Morgan fingerprint density at radius 1 is 1.20 bits per heavy atom. The number of rotatable bonds is 11. The van der Waals surface area contributed by atoms with Crippen molar-refractivity contribution in [3.8, 4) is 16.4 Å². The lowest BCUT2D eigenvalue weighted by molar-refractivity contribution is 0.0300. The number of carbonyl (C=O) groups excluding carboxylic acids is 2. The van der Waals surface area contributed by atoms with Gasteiger partial charge in [0.1, 0.15) is 29.6 Å². The summed E-state index contributed by atoms with van der Waals surface area (Å²) in [5, 5.41) is 7.14. The molecule has 2 N–H and O–H groups in total. The molecule has 2 aromatic heterocycles. The van der Waals surface area contributed by atoms with E-state index in [1.54, 1.807) is 34.1 Å². The van der Waals surface area contributed by atoms with Gasteiger partial charge in [0.25, 0.3) is 5.91 Å². The van der Waals surface area contributed by atoms with Crippen LogP contribution in [0, 0.1) is 17.6 Å². The molecule has 1 saturated heterocycles. The van der Waals surface area contributed by atoms with Crippen molar-refractivity contribution in [2.24, 2.45) is 11.8 Å². The van der Waals surface area contributed by atoms with Crippen LogP contribution in [0.25, 0.3) is 16.4 Å². The molecule has 2 aliphatic rings. The summed E-state index contributed by atoms with van der Waals surface area (Å²) < 4.78 is 43.5. The van der Waals surface area contributed by atoms with Crippen molar-refractivity contribution in [2.45, 2.75) is 25.7 Å². The molecular weight excluding hydrogens is 643 g/mol. The van der Waals surface area contributed by atoms with Crippen molar-refractivity contribution in [2.75, 3.05) is 37.7 Å². The highest BCUT2D eigenvalue weighted by atomic mass is 32.2. The van der Waals surface area contributed by atoms with E-state index >= 15 is 8.78 Å². The molecule has 0 unspecified atom stereocenters. The molecular formula is C30H32F2N6O4S3. The smallest absolute Gasteiger partial charge is 0.257 e. The van der Waals surface area contributed by atoms with Crippen LogP contribution in [0.15, 0.2) is 41.8 Å². The molecule has 1 aliphatic carbocycles. The molecule has 238 valence electrons. The lowest BCUT2D eigenvalue weighted by Gasteiger charge is -2.27. The highest BCUT2D eigenvalue weighted by molar-refractivity contribution is 7.96. The molecule has 4 aromatic rings. The summed E-state index contributed by atoms with van der Waals surface area (Å²) in [6.07, 6.45) is 3.85. The number of anilines is 1. The largest absolute Gasteiger partial charge is 0.378 e. The average Bonchev–Trinajstić information content (AvgIpc) is 3.61. The van der Waals surface area contributed by atoms with Gasteiger partial charge in [-0.15, -0.1) is 11.3 Å². The van der Waals surface area contributed by atoms with Gasteiger partial charge in [-0.1, -0.05) is 6.07 Å². The Morgan fingerprint density at radius 3 is 2.64 bits per heavy atom. The summed E-state index contributed by atoms with van der Waals surface area (Å²) in [6.45, 7) is 1.55. The van der Waals surface area contributed by atoms with E-state index < -0.39 is 17.5 Å². The molecule has 2 fully saturated rings. The van der Waals surface area contributed by atoms with Crippen LogP contribution in [-0.2, 0) is 21.9 Å². The molecule has 0 atom stereocenters. The number of hydrogen-bond acceptors (Lipinski definition) is 10. The second kappa shape index (κ2) is 14.4. The normalized spacial score (nSPS) is 14.7. The molecule has 45 heavy (non-hydrogen) atoms. The number of ether oxygens (including phenoxy) is 1. The van der Waals surface area contributed by atoms with Gasteiger partial charge in [-0.3, -0.25) is 13.9 Å². The number of nitrogens with two attached hydrogens (primary N) is 1. The number of carbonyl (C=O) groups is 2. The van der Waals surface area contributed by atoms with Gasteiger partial charge in [-0.05, 0) is 61.1 Å². The first-order valence-corrected chi connectivity index (χ1v) is 15.7. The Kier molecular flexibility index (Phi) is 10.6. The maximum Gasteiger partial charge on any atom is 0.257 e. The predicted octanol–water partition coefficient (Wildman–Crippen LogP) is 5.10. The van der Waals surface area contributed by atoms with Gasteiger partial charge >= 0.3 is 0 Å². The van der Waals surface area contributed by atoms with Gasteiger partial charge in [0, 0.05) is 43.1 Å². The number of hydrogen-bond donors (Lipinski definition) is 1. The number of benzene rings is 2. The molecule has 2 aromatic carbocycles. The fraction of sp³-hybridized carbons (Fsp3) is 0.333. The van der Waals surface area contributed by atoms with E-state index in [9.17, 15) is 9.59 Å². The van der Waals surface area contributed by atoms with E-state index in [2.05, 4.69) is 9.27 Å². The third-order valence-electron chi connectivity index (χ3n) is 7.74. The van der Waals surface area contributed by atoms with Crippen LogP contribution >= 0.6 is 37.1 Å². The Morgan fingerprint density at radius 2 is 1.98 bits per heavy atom. The molecule has 10 nitrogen and oxygen atoms in total. The van der Waals surface area contributed by atoms with Gasteiger partial charge in [-0.25, -0.2) is 28.6 Å². The molecule has 0 radical (unpaired) electrons. The lowest BCUT2D eigenvalue weighted by Crippen LogP contribution is -2.41. The zero-order chi connectivity index (χ0) is 30.8. The van der Waals surface area contributed by atoms with Crippen LogP contribution in [0.4, 0.5) is 14.5 Å². The van der Waals surface area contributed by atoms with E-state index in [1.807, 2.05) is 6.07 Å². The lowest BCUT2D eigenvalue weighted by atomic mass is 9.95. The summed E-state index contributed by atoms with van der Waals surface area (Å²) in [6, 6.07) is 9.34. The highest BCUT2D eigenvalue weighted by Crippen LogP contribution is 2.39. The van der Waals surface area contributed by atoms with E-state index in [0.717, 1.165) is 36.3 Å². The zero-order valence-corrected chi connectivity index (χ0v) is 27.0. The Balaban J connectivity index is 0.00000400. The molecule has 15 heteroatoms.